The van der Waals surface area contributed by atoms with E-state index in [1.165, 1.54) is 5.56 Å². The molecule has 0 atom stereocenters. The van der Waals surface area contributed by atoms with Gasteiger partial charge >= 0.3 is 0 Å². The van der Waals surface area contributed by atoms with Gasteiger partial charge in [-0.05, 0) is 18.4 Å². The van der Waals surface area contributed by atoms with E-state index in [9.17, 15) is 4.79 Å². The number of nitrogens with zero attached hydrogens (tertiary/aromatic N) is 2. The quantitative estimate of drug-likeness (QED) is 0.931. The van der Waals surface area contributed by atoms with E-state index >= 15 is 0 Å². The third kappa shape index (κ3) is 2.22. The smallest absolute Gasteiger partial charge is 0.287 e. The van der Waals surface area contributed by atoms with E-state index in [4.69, 9.17) is 0 Å². The standard InChI is InChI=1S/C16H19N3O/c1-19-12-11-17-14(19)15(20)18-16(9-5-6-10-16)13-7-3-2-4-8-13/h2-4,7-8,11-12H,5-6,9-10H2,1H3,(H,18,20). The van der Waals surface area contributed by atoms with Crippen LogP contribution in [0.1, 0.15) is 41.9 Å². The summed E-state index contributed by atoms with van der Waals surface area (Å²) in [5, 5.41) is 3.23. The lowest BCUT2D eigenvalue weighted by molar-refractivity contribution is 0.0884. The molecule has 1 aromatic carbocycles. The van der Waals surface area contributed by atoms with Crippen molar-refractivity contribution in [2.45, 2.75) is 31.2 Å². The maximum atomic E-state index is 12.5. The minimum absolute atomic E-state index is 0.0942. The number of carbonyl (C=O) groups excluding carboxylic acids is 1. The van der Waals surface area contributed by atoms with Crippen LogP contribution in [0.15, 0.2) is 42.7 Å². The second-order valence-corrected chi connectivity index (χ2v) is 5.47. The van der Waals surface area contributed by atoms with Gasteiger partial charge in [-0.1, -0.05) is 43.2 Å². The van der Waals surface area contributed by atoms with Gasteiger partial charge in [0.1, 0.15) is 0 Å². The van der Waals surface area contributed by atoms with Crippen LogP contribution in [0.4, 0.5) is 0 Å². The van der Waals surface area contributed by atoms with Crippen LogP contribution in [0.3, 0.4) is 0 Å². The van der Waals surface area contributed by atoms with E-state index < -0.39 is 0 Å². The molecule has 1 amide bonds. The Labute approximate surface area is 118 Å². The van der Waals surface area contributed by atoms with E-state index in [-0.39, 0.29) is 11.4 Å². The Balaban J connectivity index is 1.89. The largest absolute Gasteiger partial charge is 0.340 e. The first-order valence-electron chi connectivity index (χ1n) is 7.07. The number of nitrogens with one attached hydrogen (secondary N) is 1. The van der Waals surface area contributed by atoms with Crippen LogP contribution in [0.2, 0.25) is 0 Å². The molecule has 1 heterocycles. The molecule has 0 radical (unpaired) electrons. The monoisotopic (exact) mass is 269 g/mol. The summed E-state index contributed by atoms with van der Waals surface area (Å²) in [6.45, 7) is 0. The summed E-state index contributed by atoms with van der Waals surface area (Å²) >= 11 is 0. The Morgan fingerprint density at radius 3 is 2.55 bits per heavy atom. The fourth-order valence-electron chi connectivity index (χ4n) is 3.08. The maximum absolute atomic E-state index is 12.5. The van der Waals surface area contributed by atoms with Crippen molar-refractivity contribution in [1.29, 1.82) is 0 Å². The highest BCUT2D eigenvalue weighted by molar-refractivity contribution is 5.91. The first-order chi connectivity index (χ1) is 9.71. The first-order valence-corrected chi connectivity index (χ1v) is 7.07. The molecule has 1 fully saturated rings. The second-order valence-electron chi connectivity index (χ2n) is 5.47. The summed E-state index contributed by atoms with van der Waals surface area (Å²) in [6, 6.07) is 10.3. The highest BCUT2D eigenvalue weighted by Crippen LogP contribution is 2.38. The molecular formula is C16H19N3O. The van der Waals surface area contributed by atoms with Crippen LogP contribution in [0.5, 0.6) is 0 Å². The normalized spacial score (nSPS) is 17.1. The molecule has 1 aromatic heterocycles. The van der Waals surface area contributed by atoms with Crippen molar-refractivity contribution in [3.8, 4) is 0 Å². The molecule has 0 bridgehead atoms. The average molecular weight is 269 g/mol. The highest BCUT2D eigenvalue weighted by Gasteiger charge is 2.37. The van der Waals surface area contributed by atoms with Crippen molar-refractivity contribution >= 4 is 5.91 Å². The van der Waals surface area contributed by atoms with Crippen molar-refractivity contribution < 1.29 is 4.79 Å². The van der Waals surface area contributed by atoms with E-state index in [1.807, 2.05) is 25.2 Å². The highest BCUT2D eigenvalue weighted by atomic mass is 16.2. The summed E-state index contributed by atoms with van der Waals surface area (Å²) in [5.74, 6) is 0.371. The molecule has 20 heavy (non-hydrogen) atoms. The number of rotatable bonds is 3. The molecule has 2 aromatic rings. The Morgan fingerprint density at radius 1 is 1.25 bits per heavy atom. The SMILES string of the molecule is Cn1ccnc1C(=O)NC1(c2ccccc2)CCCC1. The molecular weight excluding hydrogens is 250 g/mol. The van der Waals surface area contributed by atoms with Gasteiger partial charge in [0, 0.05) is 19.4 Å². The van der Waals surface area contributed by atoms with Gasteiger partial charge in [-0.15, -0.1) is 0 Å². The van der Waals surface area contributed by atoms with E-state index in [2.05, 4.69) is 22.4 Å². The van der Waals surface area contributed by atoms with E-state index in [0.29, 0.717) is 5.82 Å². The molecule has 4 nitrogen and oxygen atoms in total. The van der Waals surface area contributed by atoms with E-state index in [0.717, 1.165) is 25.7 Å². The predicted octanol–water partition coefficient (Wildman–Crippen LogP) is 2.62. The van der Waals surface area contributed by atoms with Gasteiger partial charge in [0.05, 0.1) is 5.54 Å². The molecule has 0 aliphatic heterocycles. The summed E-state index contributed by atoms with van der Waals surface area (Å²) in [6.07, 6.45) is 7.73. The Hall–Kier alpha value is -2.10. The molecule has 3 rings (SSSR count). The van der Waals surface area contributed by atoms with Crippen molar-refractivity contribution in [3.05, 3.63) is 54.1 Å². The molecule has 0 spiro atoms. The molecule has 1 aliphatic rings. The van der Waals surface area contributed by atoms with Gasteiger partial charge in [0.25, 0.3) is 5.91 Å². The number of hydrogen-bond donors (Lipinski definition) is 1. The number of aryl methyl sites for hydroxylation is 1. The van der Waals surface area contributed by atoms with Gasteiger partial charge in [-0.3, -0.25) is 4.79 Å². The first kappa shape index (κ1) is 12.9. The predicted molar refractivity (Wildman–Crippen MR) is 77.3 cm³/mol. The van der Waals surface area contributed by atoms with Crippen LogP contribution in [0, 0.1) is 0 Å². The Kier molecular flexibility index (Phi) is 3.30. The second kappa shape index (κ2) is 5.12. The zero-order chi connectivity index (χ0) is 14.0. The maximum Gasteiger partial charge on any atom is 0.287 e. The van der Waals surface area contributed by atoms with Crippen LogP contribution >= 0.6 is 0 Å². The number of aromatic nitrogens is 2. The zero-order valence-electron chi connectivity index (χ0n) is 11.7. The third-order valence-electron chi connectivity index (χ3n) is 4.16. The molecule has 1 saturated carbocycles. The fraction of sp³-hybridized carbons (Fsp3) is 0.375. The molecule has 0 saturated heterocycles. The summed E-state index contributed by atoms with van der Waals surface area (Å²) in [5.41, 5.74) is 0.963. The zero-order valence-corrected chi connectivity index (χ0v) is 11.7. The van der Waals surface area contributed by atoms with Crippen molar-refractivity contribution in [2.75, 3.05) is 0 Å². The molecule has 0 unspecified atom stereocenters. The average Bonchev–Trinajstić information content (AvgIpc) is 3.09. The van der Waals surface area contributed by atoms with Crippen LogP contribution in [-0.2, 0) is 12.6 Å². The topological polar surface area (TPSA) is 46.9 Å². The van der Waals surface area contributed by atoms with E-state index in [1.54, 1.807) is 17.0 Å². The number of amides is 1. The summed E-state index contributed by atoms with van der Waals surface area (Å²) < 4.78 is 1.75. The summed E-state index contributed by atoms with van der Waals surface area (Å²) in [4.78, 5) is 16.6. The van der Waals surface area contributed by atoms with Crippen LogP contribution < -0.4 is 5.32 Å². The Morgan fingerprint density at radius 2 is 1.95 bits per heavy atom. The van der Waals surface area contributed by atoms with Gasteiger partial charge in [-0.2, -0.15) is 0 Å². The lowest BCUT2D eigenvalue weighted by Gasteiger charge is -2.31. The van der Waals surface area contributed by atoms with Gasteiger partial charge < -0.3 is 9.88 Å². The lowest BCUT2D eigenvalue weighted by atomic mass is 9.88. The van der Waals surface area contributed by atoms with Crippen molar-refractivity contribution in [3.63, 3.8) is 0 Å². The number of benzene rings is 1. The van der Waals surface area contributed by atoms with Gasteiger partial charge in [-0.25, -0.2) is 4.98 Å². The molecule has 104 valence electrons. The number of carbonyl (C=O) groups is 1. The number of hydrogen-bond acceptors (Lipinski definition) is 2. The number of imidazole rings is 1. The van der Waals surface area contributed by atoms with Crippen LogP contribution in [0.25, 0.3) is 0 Å². The van der Waals surface area contributed by atoms with Crippen molar-refractivity contribution in [1.82, 2.24) is 14.9 Å². The van der Waals surface area contributed by atoms with Crippen LogP contribution in [-0.4, -0.2) is 15.5 Å². The Bertz CT molecular complexity index is 597. The van der Waals surface area contributed by atoms with Crippen molar-refractivity contribution in [2.24, 2.45) is 7.05 Å². The summed E-state index contributed by atoms with van der Waals surface area (Å²) in [7, 11) is 1.84. The third-order valence-corrected chi connectivity index (χ3v) is 4.16. The molecule has 4 heteroatoms. The van der Waals surface area contributed by atoms with Gasteiger partial charge in [0.15, 0.2) is 5.82 Å². The molecule has 1 N–H and O–H groups in total. The minimum atomic E-state index is -0.232. The minimum Gasteiger partial charge on any atom is -0.340 e. The van der Waals surface area contributed by atoms with Gasteiger partial charge in [0.2, 0.25) is 0 Å². The lowest BCUT2D eigenvalue weighted by Crippen LogP contribution is -2.44. The fourth-order valence-corrected chi connectivity index (χ4v) is 3.08. The molecule has 1 aliphatic carbocycles.